The molecule has 4 heteroatoms. The van der Waals surface area contributed by atoms with Crippen molar-refractivity contribution in [3.63, 3.8) is 0 Å². The van der Waals surface area contributed by atoms with Crippen molar-refractivity contribution in [3.8, 4) is 5.75 Å². The number of anilines is 1. The topological polar surface area (TPSA) is 32.8 Å². The number of amides is 1. The van der Waals surface area contributed by atoms with Crippen LogP contribution in [0.5, 0.6) is 5.75 Å². The Kier molecular flexibility index (Phi) is 2.33. The maximum absolute atomic E-state index is 12.2. The molecule has 90 valence electrons. The normalized spacial score (nSPS) is 27.9. The average molecular weight is 232 g/mol. The minimum absolute atomic E-state index is 0.0853. The molecule has 2 heterocycles. The predicted molar refractivity (Wildman–Crippen MR) is 65.3 cm³/mol. The molecule has 0 spiro atoms. The first-order valence-electron chi connectivity index (χ1n) is 5.88. The number of carbonyl (C=O) groups excluding carboxylic acids is 1. The highest BCUT2D eigenvalue weighted by Crippen LogP contribution is 2.35. The number of likely N-dealkylation sites (N-methyl/N-ethyl adjacent to an activating group) is 1. The number of carbonyl (C=O) groups is 1. The zero-order valence-corrected chi connectivity index (χ0v) is 10.1. The lowest BCUT2D eigenvalue weighted by molar-refractivity contribution is -0.122. The van der Waals surface area contributed by atoms with Gasteiger partial charge in [0.2, 0.25) is 5.91 Å². The molecule has 2 saturated heterocycles. The van der Waals surface area contributed by atoms with Gasteiger partial charge in [-0.25, -0.2) is 0 Å². The SMILES string of the molecule is COc1ccc(N2C(=O)C3CC2CN3C)cc1. The van der Waals surface area contributed by atoms with E-state index < -0.39 is 0 Å². The van der Waals surface area contributed by atoms with Crippen LogP contribution < -0.4 is 9.64 Å². The fourth-order valence-corrected chi connectivity index (χ4v) is 2.87. The highest BCUT2D eigenvalue weighted by molar-refractivity contribution is 6.01. The summed E-state index contributed by atoms with van der Waals surface area (Å²) in [5.74, 6) is 1.05. The van der Waals surface area contributed by atoms with E-state index in [0.717, 1.165) is 24.4 Å². The van der Waals surface area contributed by atoms with Gasteiger partial charge in [-0.3, -0.25) is 9.69 Å². The maximum atomic E-state index is 12.2. The predicted octanol–water partition coefficient (Wildman–Crippen LogP) is 1.11. The molecule has 1 aromatic carbocycles. The third kappa shape index (κ3) is 1.52. The van der Waals surface area contributed by atoms with Crippen molar-refractivity contribution in [2.24, 2.45) is 0 Å². The molecular formula is C13H16N2O2. The standard InChI is InChI=1S/C13H16N2O2/c1-14-8-10-7-12(14)13(16)15(10)9-3-5-11(17-2)6-4-9/h3-6,10,12H,7-8H2,1-2H3. The van der Waals surface area contributed by atoms with Gasteiger partial charge in [0.15, 0.2) is 0 Å². The molecule has 1 aromatic rings. The van der Waals surface area contributed by atoms with Crippen LogP contribution in [0, 0.1) is 0 Å². The van der Waals surface area contributed by atoms with Gasteiger partial charge in [0.1, 0.15) is 5.75 Å². The molecule has 0 N–H and O–H groups in total. The van der Waals surface area contributed by atoms with E-state index in [1.54, 1.807) is 7.11 Å². The lowest BCUT2D eigenvalue weighted by Gasteiger charge is -2.31. The Morgan fingerprint density at radius 3 is 2.53 bits per heavy atom. The van der Waals surface area contributed by atoms with Crippen LogP contribution in [0.15, 0.2) is 24.3 Å². The number of hydrogen-bond acceptors (Lipinski definition) is 3. The highest BCUT2D eigenvalue weighted by Gasteiger charge is 2.48. The van der Waals surface area contributed by atoms with Gasteiger partial charge in [-0.2, -0.15) is 0 Å². The molecule has 3 rings (SSSR count). The summed E-state index contributed by atoms with van der Waals surface area (Å²) < 4.78 is 5.13. The summed E-state index contributed by atoms with van der Waals surface area (Å²) in [5, 5.41) is 0. The molecule has 2 aliphatic rings. The number of likely N-dealkylation sites (tertiary alicyclic amines) is 1. The largest absolute Gasteiger partial charge is 0.497 e. The smallest absolute Gasteiger partial charge is 0.244 e. The van der Waals surface area contributed by atoms with Gasteiger partial charge >= 0.3 is 0 Å². The third-order valence-corrected chi connectivity index (χ3v) is 3.76. The van der Waals surface area contributed by atoms with E-state index in [1.807, 2.05) is 36.2 Å². The van der Waals surface area contributed by atoms with Crippen molar-refractivity contribution in [1.29, 1.82) is 0 Å². The summed E-state index contributed by atoms with van der Waals surface area (Å²) in [7, 11) is 3.67. The molecule has 2 fully saturated rings. The molecule has 2 aliphatic heterocycles. The molecule has 2 unspecified atom stereocenters. The van der Waals surface area contributed by atoms with Gasteiger partial charge < -0.3 is 9.64 Å². The van der Waals surface area contributed by atoms with Crippen LogP contribution in [0.1, 0.15) is 6.42 Å². The minimum atomic E-state index is 0.0853. The van der Waals surface area contributed by atoms with Crippen LogP contribution >= 0.6 is 0 Å². The molecule has 17 heavy (non-hydrogen) atoms. The molecule has 0 aliphatic carbocycles. The summed E-state index contributed by atoms with van der Waals surface area (Å²) in [6, 6.07) is 8.14. The van der Waals surface area contributed by atoms with E-state index in [9.17, 15) is 4.79 Å². The Balaban J connectivity index is 1.88. The monoisotopic (exact) mass is 232 g/mol. The molecular weight excluding hydrogens is 216 g/mol. The second-order valence-corrected chi connectivity index (χ2v) is 4.75. The number of ether oxygens (including phenoxy) is 1. The van der Waals surface area contributed by atoms with Crippen molar-refractivity contribution < 1.29 is 9.53 Å². The van der Waals surface area contributed by atoms with Crippen LogP contribution in [-0.4, -0.2) is 43.6 Å². The third-order valence-electron chi connectivity index (χ3n) is 3.76. The number of methoxy groups -OCH3 is 1. The van der Waals surface area contributed by atoms with E-state index >= 15 is 0 Å². The number of benzene rings is 1. The Labute approximate surface area is 101 Å². The van der Waals surface area contributed by atoms with E-state index in [-0.39, 0.29) is 11.9 Å². The molecule has 2 atom stereocenters. The number of fused-ring (bicyclic) bond motifs is 2. The van der Waals surface area contributed by atoms with Crippen LogP contribution in [0.2, 0.25) is 0 Å². The van der Waals surface area contributed by atoms with Gasteiger partial charge in [-0.15, -0.1) is 0 Å². The second-order valence-electron chi connectivity index (χ2n) is 4.75. The first-order chi connectivity index (χ1) is 8.20. The summed E-state index contributed by atoms with van der Waals surface area (Å²) in [4.78, 5) is 16.3. The number of hydrogen-bond donors (Lipinski definition) is 0. The molecule has 1 amide bonds. The first kappa shape index (κ1) is 10.6. The average Bonchev–Trinajstić information content (AvgIpc) is 2.85. The van der Waals surface area contributed by atoms with Crippen LogP contribution in [-0.2, 0) is 4.79 Å². The van der Waals surface area contributed by atoms with Crippen LogP contribution in [0.3, 0.4) is 0 Å². The van der Waals surface area contributed by atoms with Crippen molar-refractivity contribution in [1.82, 2.24) is 4.90 Å². The zero-order chi connectivity index (χ0) is 12.0. The summed E-state index contributed by atoms with van der Waals surface area (Å²) >= 11 is 0. The molecule has 4 nitrogen and oxygen atoms in total. The Hall–Kier alpha value is -1.55. The lowest BCUT2D eigenvalue weighted by Crippen LogP contribution is -2.48. The van der Waals surface area contributed by atoms with Crippen molar-refractivity contribution in [2.45, 2.75) is 18.5 Å². The molecule has 0 saturated carbocycles. The molecule has 0 radical (unpaired) electrons. The number of piperazine rings is 1. The molecule has 0 aromatic heterocycles. The number of rotatable bonds is 2. The van der Waals surface area contributed by atoms with Gasteiger partial charge in [-0.1, -0.05) is 0 Å². The first-order valence-corrected chi connectivity index (χ1v) is 5.88. The van der Waals surface area contributed by atoms with Gasteiger partial charge in [0, 0.05) is 12.2 Å². The van der Waals surface area contributed by atoms with E-state index in [1.165, 1.54) is 0 Å². The van der Waals surface area contributed by atoms with Crippen LogP contribution in [0.25, 0.3) is 0 Å². The van der Waals surface area contributed by atoms with Gasteiger partial charge in [0.05, 0.1) is 19.2 Å². The van der Waals surface area contributed by atoms with Crippen LogP contribution in [0.4, 0.5) is 5.69 Å². The number of nitrogens with zero attached hydrogens (tertiary/aromatic N) is 2. The Morgan fingerprint density at radius 1 is 1.29 bits per heavy atom. The molecule has 2 bridgehead atoms. The highest BCUT2D eigenvalue weighted by atomic mass is 16.5. The van der Waals surface area contributed by atoms with Crippen molar-refractivity contribution in [2.75, 3.05) is 25.6 Å². The summed E-state index contributed by atoms with van der Waals surface area (Å²) in [6.07, 6.45) is 0.960. The fourth-order valence-electron chi connectivity index (χ4n) is 2.87. The van der Waals surface area contributed by atoms with Gasteiger partial charge in [-0.05, 0) is 37.7 Å². The quantitative estimate of drug-likeness (QED) is 0.766. The maximum Gasteiger partial charge on any atom is 0.244 e. The second kappa shape index (κ2) is 3.74. The van der Waals surface area contributed by atoms with Crippen molar-refractivity contribution in [3.05, 3.63) is 24.3 Å². The zero-order valence-electron chi connectivity index (χ0n) is 10.1. The lowest BCUT2D eigenvalue weighted by atomic mass is 10.2. The Bertz CT molecular complexity index is 443. The van der Waals surface area contributed by atoms with Gasteiger partial charge in [0.25, 0.3) is 0 Å². The van der Waals surface area contributed by atoms with E-state index in [2.05, 4.69) is 4.90 Å². The Morgan fingerprint density at radius 2 is 2.00 bits per heavy atom. The summed E-state index contributed by atoms with van der Waals surface area (Å²) in [5.41, 5.74) is 0.983. The van der Waals surface area contributed by atoms with E-state index in [4.69, 9.17) is 4.74 Å². The summed E-state index contributed by atoms with van der Waals surface area (Å²) in [6.45, 7) is 0.975. The fraction of sp³-hybridized carbons (Fsp3) is 0.462. The minimum Gasteiger partial charge on any atom is -0.497 e. The van der Waals surface area contributed by atoms with E-state index in [0.29, 0.717) is 6.04 Å². The van der Waals surface area contributed by atoms with Crippen molar-refractivity contribution >= 4 is 11.6 Å².